The predicted octanol–water partition coefficient (Wildman–Crippen LogP) is 3.53. The number of aromatic nitrogens is 2. The van der Waals surface area contributed by atoms with Crippen molar-refractivity contribution in [1.29, 1.82) is 0 Å². The third-order valence-corrected chi connectivity index (χ3v) is 6.98. The topological polar surface area (TPSA) is 104 Å². The lowest BCUT2D eigenvalue weighted by Crippen LogP contribution is -2.49. The van der Waals surface area contributed by atoms with Crippen LogP contribution >= 0.6 is 11.3 Å². The maximum atomic E-state index is 13.1. The van der Waals surface area contributed by atoms with Crippen molar-refractivity contribution < 1.29 is 9.59 Å². The lowest BCUT2D eigenvalue weighted by molar-refractivity contribution is -0.114. The van der Waals surface area contributed by atoms with Crippen molar-refractivity contribution in [3.05, 3.63) is 71.1 Å². The van der Waals surface area contributed by atoms with E-state index in [4.69, 9.17) is 5.73 Å². The highest BCUT2D eigenvalue weighted by molar-refractivity contribution is 7.18. The average molecular weight is 487 g/mol. The van der Waals surface area contributed by atoms with E-state index in [1.807, 2.05) is 54.3 Å². The number of thiophene rings is 1. The average Bonchev–Trinajstić information content (AvgIpc) is 3.28. The van der Waals surface area contributed by atoms with Gasteiger partial charge < -0.3 is 15.5 Å². The first-order chi connectivity index (χ1) is 17.0. The van der Waals surface area contributed by atoms with E-state index in [1.54, 1.807) is 11.3 Å². The molecule has 0 radical (unpaired) electrons. The second kappa shape index (κ2) is 9.81. The van der Waals surface area contributed by atoms with Crippen LogP contribution in [0.1, 0.15) is 15.2 Å². The molecule has 35 heavy (non-hydrogen) atoms. The smallest absolute Gasteiger partial charge is 0.253 e. The van der Waals surface area contributed by atoms with Crippen LogP contribution in [0.3, 0.4) is 0 Å². The number of benzene rings is 2. The van der Waals surface area contributed by atoms with Gasteiger partial charge in [0.1, 0.15) is 10.6 Å². The van der Waals surface area contributed by atoms with Crippen molar-refractivity contribution in [2.24, 2.45) is 5.73 Å². The van der Waals surface area contributed by atoms with E-state index in [2.05, 4.69) is 38.4 Å². The molecule has 1 saturated heterocycles. The standard InChI is InChI=1S/C26H26N6O2S/c1-17-15-21-23(29-26(28-22(33)16-27)30-24(21)35-17)31-11-13-32(14-12-31)25(34)20-9-7-19(8-10-20)18-5-3-2-4-6-18/h2-10,15H,11-14,16,27H2,1H3,(H,28,29,30,33). The highest BCUT2D eigenvalue weighted by atomic mass is 32.1. The van der Waals surface area contributed by atoms with E-state index in [0.717, 1.165) is 32.0 Å². The number of rotatable bonds is 5. The van der Waals surface area contributed by atoms with Gasteiger partial charge in [-0.15, -0.1) is 11.3 Å². The van der Waals surface area contributed by atoms with E-state index in [9.17, 15) is 9.59 Å². The van der Waals surface area contributed by atoms with Crippen LogP contribution in [0.5, 0.6) is 0 Å². The van der Waals surface area contributed by atoms with Gasteiger partial charge in [0.15, 0.2) is 0 Å². The first kappa shape index (κ1) is 22.9. The molecule has 2 aromatic heterocycles. The zero-order valence-electron chi connectivity index (χ0n) is 19.4. The summed E-state index contributed by atoms with van der Waals surface area (Å²) in [5, 5.41) is 3.62. The van der Waals surface area contributed by atoms with Gasteiger partial charge in [0.05, 0.1) is 11.9 Å². The summed E-state index contributed by atoms with van der Waals surface area (Å²) in [4.78, 5) is 40.0. The van der Waals surface area contributed by atoms with Gasteiger partial charge >= 0.3 is 0 Å². The van der Waals surface area contributed by atoms with Crippen LogP contribution < -0.4 is 16.0 Å². The van der Waals surface area contributed by atoms with Gasteiger partial charge in [-0.3, -0.25) is 14.9 Å². The van der Waals surface area contributed by atoms with Crippen molar-refractivity contribution in [3.8, 4) is 11.1 Å². The SMILES string of the molecule is Cc1cc2c(N3CCN(C(=O)c4ccc(-c5ccccc5)cc4)CC3)nc(NC(=O)CN)nc2s1. The molecule has 178 valence electrons. The monoisotopic (exact) mass is 486 g/mol. The van der Waals surface area contributed by atoms with Crippen LogP contribution in [0.15, 0.2) is 60.7 Å². The third kappa shape index (κ3) is 4.87. The van der Waals surface area contributed by atoms with Crippen molar-refractivity contribution >= 4 is 45.1 Å². The second-order valence-corrected chi connectivity index (χ2v) is 9.66. The molecular formula is C26H26N6O2S. The highest BCUT2D eigenvalue weighted by Crippen LogP contribution is 2.32. The summed E-state index contributed by atoms with van der Waals surface area (Å²) in [7, 11) is 0. The third-order valence-electron chi connectivity index (χ3n) is 6.04. The first-order valence-corrected chi connectivity index (χ1v) is 12.3. The van der Waals surface area contributed by atoms with E-state index < -0.39 is 0 Å². The van der Waals surface area contributed by atoms with E-state index in [0.29, 0.717) is 31.7 Å². The molecule has 0 unspecified atom stereocenters. The molecule has 0 aliphatic carbocycles. The molecule has 1 aliphatic rings. The minimum atomic E-state index is -0.336. The first-order valence-electron chi connectivity index (χ1n) is 11.5. The Labute approximate surface area is 207 Å². The molecular weight excluding hydrogens is 460 g/mol. The van der Waals surface area contributed by atoms with E-state index in [-0.39, 0.29) is 24.3 Å². The van der Waals surface area contributed by atoms with E-state index in [1.165, 1.54) is 0 Å². The van der Waals surface area contributed by atoms with Crippen LogP contribution in [0.25, 0.3) is 21.3 Å². The molecule has 4 aromatic rings. The Hall–Kier alpha value is -3.82. The van der Waals surface area contributed by atoms with Crippen LogP contribution in [-0.2, 0) is 4.79 Å². The molecule has 5 rings (SSSR count). The fourth-order valence-electron chi connectivity index (χ4n) is 4.24. The summed E-state index contributed by atoms with van der Waals surface area (Å²) in [6.45, 7) is 4.33. The molecule has 0 saturated carbocycles. The number of hydrogen-bond acceptors (Lipinski definition) is 7. The summed E-state index contributed by atoms with van der Waals surface area (Å²) in [5.74, 6) is 0.712. The van der Waals surface area contributed by atoms with E-state index >= 15 is 0 Å². The van der Waals surface area contributed by atoms with Gasteiger partial charge in [0, 0.05) is 36.6 Å². The summed E-state index contributed by atoms with van der Waals surface area (Å²) < 4.78 is 0. The molecule has 1 aliphatic heterocycles. The number of nitrogens with zero attached hydrogens (tertiary/aromatic N) is 4. The Balaban J connectivity index is 1.30. The zero-order valence-corrected chi connectivity index (χ0v) is 20.2. The lowest BCUT2D eigenvalue weighted by atomic mass is 10.0. The quantitative estimate of drug-likeness (QED) is 0.447. The Morgan fingerprint density at radius 3 is 2.34 bits per heavy atom. The van der Waals surface area contributed by atoms with Gasteiger partial charge in [-0.25, -0.2) is 4.98 Å². The van der Waals surface area contributed by atoms with Crippen LogP contribution in [0.2, 0.25) is 0 Å². The molecule has 0 bridgehead atoms. The fraction of sp³-hybridized carbons (Fsp3) is 0.231. The number of anilines is 2. The maximum absolute atomic E-state index is 13.1. The molecule has 0 atom stereocenters. The zero-order chi connectivity index (χ0) is 24.4. The summed E-state index contributed by atoms with van der Waals surface area (Å²) in [6.07, 6.45) is 0. The van der Waals surface area contributed by atoms with Gasteiger partial charge in [0.25, 0.3) is 5.91 Å². The Bertz CT molecular complexity index is 1360. The maximum Gasteiger partial charge on any atom is 0.253 e. The van der Waals surface area contributed by atoms with Gasteiger partial charge in [-0.1, -0.05) is 42.5 Å². The molecule has 8 nitrogen and oxygen atoms in total. The number of nitrogens with one attached hydrogen (secondary N) is 1. The Morgan fingerprint density at radius 1 is 0.971 bits per heavy atom. The summed E-state index contributed by atoms with van der Waals surface area (Å²) >= 11 is 1.56. The number of nitrogens with two attached hydrogens (primary N) is 1. The van der Waals surface area contributed by atoms with Crippen molar-refractivity contribution in [1.82, 2.24) is 14.9 Å². The predicted molar refractivity (Wildman–Crippen MR) is 140 cm³/mol. The normalized spacial score (nSPS) is 13.8. The molecule has 1 fully saturated rings. The molecule has 2 aromatic carbocycles. The number of carbonyl (C=O) groups is 2. The highest BCUT2D eigenvalue weighted by Gasteiger charge is 2.25. The molecule has 3 N–H and O–H groups in total. The largest absolute Gasteiger partial charge is 0.352 e. The summed E-state index contributed by atoms with van der Waals surface area (Å²) in [5.41, 5.74) is 8.33. The van der Waals surface area contributed by atoms with Gasteiger partial charge in [-0.05, 0) is 36.2 Å². The van der Waals surface area contributed by atoms with Crippen molar-refractivity contribution in [2.75, 3.05) is 42.9 Å². The van der Waals surface area contributed by atoms with Crippen LogP contribution in [0, 0.1) is 6.92 Å². The second-order valence-electron chi connectivity index (χ2n) is 8.42. The number of fused-ring (bicyclic) bond motifs is 1. The Morgan fingerprint density at radius 2 is 1.66 bits per heavy atom. The van der Waals surface area contributed by atoms with Gasteiger partial charge in [0.2, 0.25) is 11.9 Å². The molecule has 2 amide bonds. The molecule has 9 heteroatoms. The number of aryl methyl sites for hydroxylation is 1. The minimum absolute atomic E-state index is 0.0272. The molecule has 3 heterocycles. The fourth-order valence-corrected chi connectivity index (χ4v) is 5.11. The van der Waals surface area contributed by atoms with Crippen LogP contribution in [-0.4, -0.2) is 59.4 Å². The number of carbonyl (C=O) groups excluding carboxylic acids is 2. The Kier molecular flexibility index (Phi) is 6.43. The summed E-state index contributed by atoms with van der Waals surface area (Å²) in [6, 6.07) is 20.0. The number of hydrogen-bond donors (Lipinski definition) is 2. The van der Waals surface area contributed by atoms with Gasteiger partial charge in [-0.2, -0.15) is 4.98 Å². The van der Waals surface area contributed by atoms with Crippen molar-refractivity contribution in [3.63, 3.8) is 0 Å². The lowest BCUT2D eigenvalue weighted by Gasteiger charge is -2.35. The molecule has 0 spiro atoms. The number of amides is 2. The van der Waals surface area contributed by atoms with Crippen LogP contribution in [0.4, 0.5) is 11.8 Å². The number of piperazine rings is 1. The minimum Gasteiger partial charge on any atom is -0.352 e. The van der Waals surface area contributed by atoms with Crippen molar-refractivity contribution in [2.45, 2.75) is 6.92 Å².